The zero-order valence-corrected chi connectivity index (χ0v) is 12.7. The Kier molecular flexibility index (Phi) is 5.86. The van der Waals surface area contributed by atoms with Gasteiger partial charge in [0.1, 0.15) is 0 Å². The molecule has 0 aromatic carbocycles. The van der Waals surface area contributed by atoms with E-state index in [0.29, 0.717) is 6.04 Å². The van der Waals surface area contributed by atoms with Crippen molar-refractivity contribution in [2.45, 2.75) is 45.1 Å². The summed E-state index contributed by atoms with van der Waals surface area (Å²) in [5, 5.41) is 6.90. The molecule has 2 saturated carbocycles. The van der Waals surface area contributed by atoms with E-state index in [0.717, 1.165) is 24.3 Å². The Balaban J connectivity index is 0.00000128. The summed E-state index contributed by atoms with van der Waals surface area (Å²) in [5.41, 5.74) is 0. The van der Waals surface area contributed by atoms with Gasteiger partial charge >= 0.3 is 0 Å². The van der Waals surface area contributed by atoms with Crippen LogP contribution in [0, 0.1) is 11.8 Å². The Morgan fingerprint density at radius 2 is 2.12 bits per heavy atom. The lowest BCUT2D eigenvalue weighted by atomic mass is 10.2. The molecule has 3 nitrogen and oxygen atoms in total. The van der Waals surface area contributed by atoms with Crippen LogP contribution in [-0.2, 0) is 0 Å². The molecule has 2 aliphatic carbocycles. The van der Waals surface area contributed by atoms with Gasteiger partial charge in [-0.3, -0.25) is 4.99 Å². The first-order valence-electron chi connectivity index (χ1n) is 6.30. The van der Waals surface area contributed by atoms with Gasteiger partial charge in [-0.1, -0.05) is 13.3 Å². The average Bonchev–Trinajstić information content (AvgIpc) is 3.09. The van der Waals surface area contributed by atoms with Gasteiger partial charge in [0.2, 0.25) is 0 Å². The van der Waals surface area contributed by atoms with Crippen LogP contribution in [0.4, 0.5) is 0 Å². The number of nitrogens with zero attached hydrogens (tertiary/aromatic N) is 1. The van der Waals surface area contributed by atoms with Crippen molar-refractivity contribution in [3.05, 3.63) is 0 Å². The van der Waals surface area contributed by atoms with E-state index in [-0.39, 0.29) is 24.0 Å². The van der Waals surface area contributed by atoms with Gasteiger partial charge in [0, 0.05) is 19.6 Å². The van der Waals surface area contributed by atoms with Crippen LogP contribution in [0.25, 0.3) is 0 Å². The van der Waals surface area contributed by atoms with Crippen LogP contribution in [0.3, 0.4) is 0 Å². The SMILES string of the molecule is CCCC1CC1NC(=NC)NCC1CC1.I. The van der Waals surface area contributed by atoms with Gasteiger partial charge in [0.15, 0.2) is 5.96 Å². The summed E-state index contributed by atoms with van der Waals surface area (Å²) in [5.74, 6) is 2.81. The molecule has 0 spiro atoms. The molecule has 0 amide bonds. The minimum absolute atomic E-state index is 0. The molecule has 2 aliphatic rings. The van der Waals surface area contributed by atoms with E-state index < -0.39 is 0 Å². The van der Waals surface area contributed by atoms with E-state index in [1.54, 1.807) is 0 Å². The molecule has 2 unspecified atom stereocenters. The van der Waals surface area contributed by atoms with E-state index in [1.807, 2.05) is 7.05 Å². The zero-order chi connectivity index (χ0) is 10.7. The van der Waals surface area contributed by atoms with E-state index in [4.69, 9.17) is 0 Å². The lowest BCUT2D eigenvalue weighted by molar-refractivity contribution is 0.651. The van der Waals surface area contributed by atoms with Crippen molar-refractivity contribution in [2.75, 3.05) is 13.6 Å². The smallest absolute Gasteiger partial charge is 0.191 e. The molecule has 2 rings (SSSR count). The zero-order valence-electron chi connectivity index (χ0n) is 10.3. The largest absolute Gasteiger partial charge is 0.356 e. The van der Waals surface area contributed by atoms with E-state index >= 15 is 0 Å². The van der Waals surface area contributed by atoms with Gasteiger partial charge in [-0.05, 0) is 37.5 Å². The maximum Gasteiger partial charge on any atom is 0.191 e. The fraction of sp³-hybridized carbons (Fsp3) is 0.917. The van der Waals surface area contributed by atoms with Crippen molar-refractivity contribution >= 4 is 29.9 Å². The third-order valence-corrected chi connectivity index (χ3v) is 3.38. The first kappa shape index (κ1) is 14.1. The molecule has 2 N–H and O–H groups in total. The van der Waals surface area contributed by atoms with Gasteiger partial charge in [0.25, 0.3) is 0 Å². The third kappa shape index (κ3) is 4.47. The summed E-state index contributed by atoms with van der Waals surface area (Å²) in [6.07, 6.45) is 6.78. The van der Waals surface area contributed by atoms with Crippen LogP contribution in [0.15, 0.2) is 4.99 Å². The Labute approximate surface area is 116 Å². The van der Waals surface area contributed by atoms with Crippen LogP contribution in [0.5, 0.6) is 0 Å². The summed E-state index contributed by atoms with van der Waals surface area (Å²) in [7, 11) is 1.86. The lowest BCUT2D eigenvalue weighted by Crippen LogP contribution is -2.40. The highest BCUT2D eigenvalue weighted by atomic mass is 127. The molecular formula is C12H24IN3. The molecule has 2 fully saturated rings. The van der Waals surface area contributed by atoms with Gasteiger partial charge in [-0.15, -0.1) is 24.0 Å². The van der Waals surface area contributed by atoms with Crippen LogP contribution in [0.2, 0.25) is 0 Å². The Hall–Kier alpha value is 0. The van der Waals surface area contributed by atoms with Crippen molar-refractivity contribution in [2.24, 2.45) is 16.8 Å². The summed E-state index contributed by atoms with van der Waals surface area (Å²) in [6.45, 7) is 3.36. The van der Waals surface area contributed by atoms with Crippen LogP contribution < -0.4 is 10.6 Å². The van der Waals surface area contributed by atoms with Crippen LogP contribution in [-0.4, -0.2) is 25.6 Å². The van der Waals surface area contributed by atoms with Gasteiger partial charge in [-0.2, -0.15) is 0 Å². The van der Waals surface area contributed by atoms with Gasteiger partial charge in [-0.25, -0.2) is 0 Å². The van der Waals surface area contributed by atoms with E-state index in [2.05, 4.69) is 22.5 Å². The van der Waals surface area contributed by atoms with Crippen molar-refractivity contribution in [1.29, 1.82) is 0 Å². The lowest BCUT2D eigenvalue weighted by Gasteiger charge is -2.11. The highest BCUT2D eigenvalue weighted by molar-refractivity contribution is 14.0. The number of hydrogen-bond donors (Lipinski definition) is 2. The molecule has 0 aromatic heterocycles. The third-order valence-electron chi connectivity index (χ3n) is 3.38. The first-order valence-corrected chi connectivity index (χ1v) is 6.30. The number of hydrogen-bond acceptors (Lipinski definition) is 1. The second-order valence-electron chi connectivity index (χ2n) is 4.93. The molecule has 0 aliphatic heterocycles. The van der Waals surface area contributed by atoms with Gasteiger partial charge in [0.05, 0.1) is 0 Å². The summed E-state index contributed by atoms with van der Waals surface area (Å²) in [4.78, 5) is 4.26. The number of guanidine groups is 1. The maximum absolute atomic E-state index is 4.26. The Bertz CT molecular complexity index is 238. The molecule has 0 aromatic rings. The predicted molar refractivity (Wildman–Crippen MR) is 79.4 cm³/mol. The number of nitrogens with one attached hydrogen (secondary N) is 2. The van der Waals surface area contributed by atoms with Crippen molar-refractivity contribution < 1.29 is 0 Å². The van der Waals surface area contributed by atoms with Crippen LogP contribution >= 0.6 is 24.0 Å². The average molecular weight is 337 g/mol. The Morgan fingerprint density at radius 1 is 1.38 bits per heavy atom. The monoisotopic (exact) mass is 337 g/mol. The number of aliphatic imine (C=N–C) groups is 1. The number of halogens is 1. The minimum atomic E-state index is 0. The molecule has 16 heavy (non-hydrogen) atoms. The van der Waals surface area contributed by atoms with Gasteiger partial charge < -0.3 is 10.6 Å². The fourth-order valence-corrected chi connectivity index (χ4v) is 2.05. The summed E-state index contributed by atoms with van der Waals surface area (Å²) < 4.78 is 0. The van der Waals surface area contributed by atoms with E-state index in [1.165, 1.54) is 32.1 Å². The molecule has 0 bridgehead atoms. The first-order chi connectivity index (χ1) is 7.33. The molecule has 0 heterocycles. The van der Waals surface area contributed by atoms with Crippen molar-refractivity contribution in [1.82, 2.24) is 10.6 Å². The highest BCUT2D eigenvalue weighted by Crippen LogP contribution is 2.34. The van der Waals surface area contributed by atoms with E-state index in [9.17, 15) is 0 Å². The maximum atomic E-state index is 4.26. The molecule has 0 saturated heterocycles. The second-order valence-corrected chi connectivity index (χ2v) is 4.93. The second kappa shape index (κ2) is 6.67. The summed E-state index contributed by atoms with van der Waals surface area (Å²) in [6, 6.07) is 0.690. The fourth-order valence-electron chi connectivity index (χ4n) is 2.05. The summed E-state index contributed by atoms with van der Waals surface area (Å²) >= 11 is 0. The molecule has 0 radical (unpaired) electrons. The van der Waals surface area contributed by atoms with Crippen molar-refractivity contribution in [3.63, 3.8) is 0 Å². The highest BCUT2D eigenvalue weighted by Gasteiger charge is 2.36. The number of rotatable bonds is 5. The van der Waals surface area contributed by atoms with Crippen LogP contribution in [0.1, 0.15) is 39.0 Å². The Morgan fingerprint density at radius 3 is 2.69 bits per heavy atom. The van der Waals surface area contributed by atoms with Crippen molar-refractivity contribution in [3.8, 4) is 0 Å². The quantitative estimate of drug-likeness (QED) is 0.459. The molecular weight excluding hydrogens is 313 g/mol. The predicted octanol–water partition coefficient (Wildman–Crippen LogP) is 2.37. The molecule has 4 heteroatoms. The normalized spacial score (nSPS) is 28.2. The topological polar surface area (TPSA) is 36.4 Å². The minimum Gasteiger partial charge on any atom is -0.356 e. The standard InChI is InChI=1S/C12H23N3.HI/c1-3-4-10-7-11(10)15-12(13-2)14-8-9-5-6-9;/h9-11H,3-8H2,1-2H3,(H2,13,14,15);1H. The molecule has 2 atom stereocenters. The molecule has 94 valence electrons.